The summed E-state index contributed by atoms with van der Waals surface area (Å²) in [5.74, 6) is 0. The maximum Gasteiger partial charge on any atom is 0.144 e. The molecule has 0 radical (unpaired) electrons. The number of para-hydroxylation sites is 3. The Morgan fingerprint density at radius 3 is 1.57 bits per heavy atom. The SMILES string of the molecule is Cc1cccc(C)c1N(c1ccc2c(c1)C(C)(C)c1cc(-c3cccc4ccccc34)c3oc4ccccc4c3c1-2)c1ccc2c(c1)C(C)(C)c1c3c(c4oc5ccccc5c4c1-2)-c1ccccc1C3(C)C. The van der Waals surface area contributed by atoms with Crippen molar-refractivity contribution in [3.63, 3.8) is 0 Å². The van der Waals surface area contributed by atoms with E-state index >= 15 is 0 Å². The van der Waals surface area contributed by atoms with Crippen molar-refractivity contribution in [2.24, 2.45) is 0 Å². The zero-order chi connectivity index (χ0) is 48.7. The lowest BCUT2D eigenvalue weighted by atomic mass is 9.72. The maximum atomic E-state index is 7.01. The fraction of sp³-hybridized carbons (Fsp3) is 0.159. The van der Waals surface area contributed by atoms with Gasteiger partial charge in [0, 0.05) is 60.3 Å². The molecular formula is C69H53NO2. The molecule has 3 nitrogen and oxygen atoms in total. The van der Waals surface area contributed by atoms with Crippen molar-refractivity contribution in [1.29, 1.82) is 0 Å². The largest absolute Gasteiger partial charge is 0.455 e. The van der Waals surface area contributed by atoms with Gasteiger partial charge in [0.2, 0.25) is 0 Å². The number of benzene rings is 10. The number of hydrogen-bond donors (Lipinski definition) is 0. The number of fused-ring (bicyclic) bond motifs is 20. The summed E-state index contributed by atoms with van der Waals surface area (Å²) in [7, 11) is 0. The Labute approximate surface area is 420 Å². The first-order valence-electron chi connectivity index (χ1n) is 25.6. The quantitative estimate of drug-likeness (QED) is 0.176. The fourth-order valence-electron chi connectivity index (χ4n) is 14.1. The van der Waals surface area contributed by atoms with E-state index in [0.29, 0.717) is 0 Å². The number of nitrogens with zero attached hydrogens (tertiary/aromatic N) is 1. The van der Waals surface area contributed by atoms with E-state index in [1.54, 1.807) is 0 Å². The number of anilines is 3. The monoisotopic (exact) mass is 927 g/mol. The van der Waals surface area contributed by atoms with Gasteiger partial charge in [0.05, 0.1) is 5.69 Å². The van der Waals surface area contributed by atoms with Gasteiger partial charge in [-0.05, 0) is 145 Å². The van der Waals surface area contributed by atoms with Crippen LogP contribution in [0.5, 0.6) is 0 Å². The third-order valence-electron chi connectivity index (χ3n) is 17.4. The predicted molar refractivity (Wildman–Crippen MR) is 301 cm³/mol. The van der Waals surface area contributed by atoms with Crippen molar-refractivity contribution in [3.05, 3.63) is 220 Å². The highest BCUT2D eigenvalue weighted by molar-refractivity contribution is 6.22. The van der Waals surface area contributed by atoms with Crippen LogP contribution in [0.25, 0.3) is 99.2 Å². The minimum Gasteiger partial charge on any atom is -0.455 e. The lowest BCUT2D eigenvalue weighted by Gasteiger charge is -2.32. The lowest BCUT2D eigenvalue weighted by molar-refractivity contribution is 0.600. The number of hydrogen-bond acceptors (Lipinski definition) is 3. The summed E-state index contributed by atoms with van der Waals surface area (Å²) in [5.41, 5.74) is 27.0. The number of aryl methyl sites for hydroxylation is 2. The van der Waals surface area contributed by atoms with Crippen molar-refractivity contribution >= 4 is 71.7 Å². The second-order valence-corrected chi connectivity index (χ2v) is 22.4. The minimum atomic E-state index is -0.329. The van der Waals surface area contributed by atoms with Crippen molar-refractivity contribution in [3.8, 4) is 44.5 Å². The molecule has 3 aliphatic carbocycles. The van der Waals surface area contributed by atoms with Gasteiger partial charge in [0.15, 0.2) is 0 Å². The van der Waals surface area contributed by atoms with Crippen LogP contribution in [0.1, 0.15) is 86.1 Å². The first-order chi connectivity index (χ1) is 34.8. The molecule has 12 aromatic rings. The van der Waals surface area contributed by atoms with Gasteiger partial charge >= 0.3 is 0 Å². The molecule has 0 bridgehead atoms. The Morgan fingerprint density at radius 2 is 0.861 bits per heavy atom. The number of furan rings is 2. The Kier molecular flexibility index (Phi) is 8.12. The molecule has 2 aromatic heterocycles. The van der Waals surface area contributed by atoms with E-state index in [4.69, 9.17) is 8.83 Å². The third kappa shape index (κ3) is 5.20. The summed E-state index contributed by atoms with van der Waals surface area (Å²) < 4.78 is 14.0. The summed E-state index contributed by atoms with van der Waals surface area (Å²) in [6, 6.07) is 65.3. The fourth-order valence-corrected chi connectivity index (χ4v) is 14.1. The average molecular weight is 928 g/mol. The molecule has 0 spiro atoms. The van der Waals surface area contributed by atoms with Gasteiger partial charge < -0.3 is 13.7 Å². The van der Waals surface area contributed by atoms with Crippen LogP contribution >= 0.6 is 0 Å². The minimum absolute atomic E-state index is 0.228. The van der Waals surface area contributed by atoms with E-state index in [9.17, 15) is 0 Å². The van der Waals surface area contributed by atoms with Gasteiger partial charge in [-0.1, -0.05) is 175 Å². The van der Waals surface area contributed by atoms with Crippen LogP contribution in [0.3, 0.4) is 0 Å². The van der Waals surface area contributed by atoms with Crippen LogP contribution in [-0.2, 0) is 16.2 Å². The summed E-state index contributed by atoms with van der Waals surface area (Å²) in [6.45, 7) is 19.1. The molecule has 0 unspecified atom stereocenters. The molecule has 2 heterocycles. The smallest absolute Gasteiger partial charge is 0.144 e. The molecule has 0 fully saturated rings. The third-order valence-corrected chi connectivity index (χ3v) is 17.4. The van der Waals surface area contributed by atoms with Crippen molar-refractivity contribution in [2.75, 3.05) is 4.90 Å². The molecule has 0 atom stereocenters. The van der Waals surface area contributed by atoms with Gasteiger partial charge in [0.1, 0.15) is 22.3 Å². The van der Waals surface area contributed by atoms with Crippen LogP contribution in [0, 0.1) is 13.8 Å². The molecule has 3 aliphatic rings. The molecule has 0 saturated carbocycles. The molecule has 346 valence electrons. The highest BCUT2D eigenvalue weighted by Gasteiger charge is 2.49. The summed E-state index contributed by atoms with van der Waals surface area (Å²) >= 11 is 0. The van der Waals surface area contributed by atoms with Crippen LogP contribution in [0.2, 0.25) is 0 Å². The topological polar surface area (TPSA) is 29.5 Å². The molecule has 72 heavy (non-hydrogen) atoms. The van der Waals surface area contributed by atoms with E-state index in [1.807, 2.05) is 0 Å². The summed E-state index contributed by atoms with van der Waals surface area (Å²) in [6.07, 6.45) is 0. The molecule has 0 saturated heterocycles. The van der Waals surface area contributed by atoms with Gasteiger partial charge in [-0.15, -0.1) is 0 Å². The second kappa shape index (κ2) is 14.0. The van der Waals surface area contributed by atoms with Crippen molar-refractivity contribution in [2.45, 2.75) is 71.6 Å². The van der Waals surface area contributed by atoms with Gasteiger partial charge in [0.25, 0.3) is 0 Å². The highest BCUT2D eigenvalue weighted by atomic mass is 16.3. The Bertz CT molecular complexity index is 4370. The van der Waals surface area contributed by atoms with Crippen LogP contribution in [0.4, 0.5) is 17.1 Å². The molecular weight excluding hydrogens is 875 g/mol. The van der Waals surface area contributed by atoms with E-state index in [0.717, 1.165) is 44.7 Å². The summed E-state index contributed by atoms with van der Waals surface area (Å²) in [5, 5.41) is 7.18. The Hall–Kier alpha value is -8.14. The Balaban J connectivity index is 0.957. The zero-order valence-electron chi connectivity index (χ0n) is 42.0. The zero-order valence-corrected chi connectivity index (χ0v) is 42.0. The van der Waals surface area contributed by atoms with E-state index in [2.05, 4.69) is 236 Å². The average Bonchev–Trinajstić information content (AvgIpc) is 4.14. The molecule has 3 heteroatoms. The first-order valence-corrected chi connectivity index (χ1v) is 25.6. The van der Waals surface area contributed by atoms with Gasteiger partial charge in [-0.3, -0.25) is 0 Å². The molecule has 0 N–H and O–H groups in total. The normalized spacial score (nSPS) is 15.3. The van der Waals surface area contributed by atoms with Crippen LogP contribution in [-0.4, -0.2) is 0 Å². The van der Waals surface area contributed by atoms with Crippen molar-refractivity contribution < 1.29 is 8.83 Å². The maximum absolute atomic E-state index is 7.01. The highest BCUT2D eigenvalue weighted by Crippen LogP contribution is 2.64. The standard InChI is InChI=1S/C69H53NO2/c1-38-19-17-20-39(2)64(38)70(42-32-34-47-53(36-42)69(7,8)62-58(47)60-49-26-13-16-30-56(49)72-66(60)61-45-24-11-14-28-51(45)68(5,6)63(61)62)41-31-33-46-52(35-41)67(3,4)54-37-50(44-27-18-22-40-21-9-10-23-43(40)44)65-59(57(46)54)48-25-12-15-29-55(48)71-65/h9-37H,1-8H3. The summed E-state index contributed by atoms with van der Waals surface area (Å²) in [4.78, 5) is 2.54. The van der Waals surface area contributed by atoms with Crippen molar-refractivity contribution in [1.82, 2.24) is 0 Å². The van der Waals surface area contributed by atoms with Gasteiger partial charge in [-0.25, -0.2) is 0 Å². The molecule has 0 aliphatic heterocycles. The van der Waals surface area contributed by atoms with Crippen LogP contribution < -0.4 is 4.90 Å². The van der Waals surface area contributed by atoms with E-state index < -0.39 is 0 Å². The lowest BCUT2D eigenvalue weighted by Crippen LogP contribution is -2.24. The van der Waals surface area contributed by atoms with E-state index in [-0.39, 0.29) is 16.2 Å². The second-order valence-electron chi connectivity index (χ2n) is 22.4. The van der Waals surface area contributed by atoms with Gasteiger partial charge in [-0.2, -0.15) is 0 Å². The predicted octanol–water partition coefficient (Wildman–Crippen LogP) is 19.3. The van der Waals surface area contributed by atoms with E-state index in [1.165, 1.54) is 116 Å². The molecule has 0 amide bonds. The van der Waals surface area contributed by atoms with Crippen LogP contribution in [0.15, 0.2) is 185 Å². The molecule has 15 rings (SSSR count). The Morgan fingerprint density at radius 1 is 0.361 bits per heavy atom. The first kappa shape index (κ1) is 41.6. The molecule has 10 aromatic carbocycles. The number of rotatable bonds is 4.